The topological polar surface area (TPSA) is 82.5 Å². The molecule has 1 aromatic carbocycles. The molecule has 0 spiro atoms. The standard InChI is InChI=1S/C16H14N4O2S/c17-15(14-6-2-9-23-14)19-22-16(21)13-5-1-4-12(10-13)11-20-8-3-7-18-20/h1-10H,11H2,(H2,17,19). The molecule has 0 aliphatic rings. The minimum absolute atomic E-state index is 0.182. The first-order chi connectivity index (χ1) is 11.2. The van der Waals surface area contributed by atoms with Crippen molar-refractivity contribution < 1.29 is 9.63 Å². The predicted molar refractivity (Wildman–Crippen MR) is 88.2 cm³/mol. The van der Waals surface area contributed by atoms with Crippen molar-refractivity contribution in [2.24, 2.45) is 10.9 Å². The van der Waals surface area contributed by atoms with Crippen LogP contribution in [0.4, 0.5) is 0 Å². The molecule has 23 heavy (non-hydrogen) atoms. The number of carbonyl (C=O) groups is 1. The Bertz CT molecular complexity index is 810. The van der Waals surface area contributed by atoms with E-state index in [1.165, 1.54) is 11.3 Å². The van der Waals surface area contributed by atoms with Crippen LogP contribution in [0.25, 0.3) is 0 Å². The SMILES string of the molecule is N/C(=N\OC(=O)c1cccc(Cn2cccn2)c1)c1cccs1. The highest BCUT2D eigenvalue weighted by atomic mass is 32.1. The first kappa shape index (κ1) is 15.0. The van der Waals surface area contributed by atoms with Crippen molar-refractivity contribution >= 4 is 23.1 Å². The summed E-state index contributed by atoms with van der Waals surface area (Å²) in [4.78, 5) is 17.7. The molecule has 3 rings (SSSR count). The van der Waals surface area contributed by atoms with E-state index >= 15 is 0 Å². The second-order valence-electron chi connectivity index (χ2n) is 4.74. The van der Waals surface area contributed by atoms with Gasteiger partial charge in [0.1, 0.15) is 0 Å². The largest absolute Gasteiger partial charge is 0.380 e. The number of nitrogens with two attached hydrogens (primary N) is 1. The van der Waals surface area contributed by atoms with Crippen LogP contribution in [0.2, 0.25) is 0 Å². The van der Waals surface area contributed by atoms with E-state index in [2.05, 4.69) is 10.3 Å². The van der Waals surface area contributed by atoms with Gasteiger partial charge < -0.3 is 10.6 Å². The highest BCUT2D eigenvalue weighted by molar-refractivity contribution is 7.12. The molecule has 0 aliphatic heterocycles. The van der Waals surface area contributed by atoms with Gasteiger partial charge in [0.05, 0.1) is 17.0 Å². The van der Waals surface area contributed by atoms with Gasteiger partial charge in [-0.25, -0.2) is 4.79 Å². The molecule has 2 aromatic heterocycles. The lowest BCUT2D eigenvalue weighted by atomic mass is 10.1. The van der Waals surface area contributed by atoms with Gasteiger partial charge in [-0.15, -0.1) is 11.3 Å². The Balaban J connectivity index is 1.69. The van der Waals surface area contributed by atoms with Crippen molar-refractivity contribution in [3.63, 3.8) is 0 Å². The minimum Gasteiger partial charge on any atom is -0.380 e. The number of nitrogens with zero attached hydrogens (tertiary/aromatic N) is 3. The van der Waals surface area contributed by atoms with Gasteiger partial charge in [-0.3, -0.25) is 4.68 Å². The quantitative estimate of drug-likeness (QED) is 0.338. The Morgan fingerprint density at radius 3 is 2.96 bits per heavy atom. The molecule has 7 heteroatoms. The Labute approximate surface area is 136 Å². The van der Waals surface area contributed by atoms with E-state index in [1.54, 1.807) is 29.1 Å². The van der Waals surface area contributed by atoms with Crippen LogP contribution >= 0.6 is 11.3 Å². The van der Waals surface area contributed by atoms with Gasteiger partial charge in [-0.05, 0) is 35.2 Å². The van der Waals surface area contributed by atoms with E-state index in [0.29, 0.717) is 12.1 Å². The fourth-order valence-electron chi connectivity index (χ4n) is 1.99. The maximum Gasteiger partial charge on any atom is 0.365 e. The molecule has 0 fully saturated rings. The van der Waals surface area contributed by atoms with Gasteiger partial charge in [0.2, 0.25) is 0 Å². The summed E-state index contributed by atoms with van der Waals surface area (Å²) in [5.41, 5.74) is 7.11. The molecule has 0 aliphatic carbocycles. The maximum atomic E-state index is 12.1. The Kier molecular flexibility index (Phi) is 4.49. The van der Waals surface area contributed by atoms with Crippen molar-refractivity contribution in [2.45, 2.75) is 6.54 Å². The van der Waals surface area contributed by atoms with E-state index < -0.39 is 5.97 Å². The molecule has 0 saturated heterocycles. The van der Waals surface area contributed by atoms with Crippen molar-refractivity contribution in [3.05, 3.63) is 76.2 Å². The summed E-state index contributed by atoms with van der Waals surface area (Å²) < 4.78 is 1.78. The zero-order valence-electron chi connectivity index (χ0n) is 12.1. The number of carbonyl (C=O) groups excluding carboxylic acids is 1. The summed E-state index contributed by atoms with van der Waals surface area (Å²) in [6.07, 6.45) is 3.57. The fraction of sp³-hybridized carbons (Fsp3) is 0.0625. The number of rotatable bonds is 5. The molecule has 0 atom stereocenters. The summed E-state index contributed by atoms with van der Waals surface area (Å²) in [6, 6.07) is 12.6. The highest BCUT2D eigenvalue weighted by Crippen LogP contribution is 2.10. The summed E-state index contributed by atoms with van der Waals surface area (Å²) in [5.74, 6) is -0.368. The van der Waals surface area contributed by atoms with Gasteiger partial charge in [-0.2, -0.15) is 5.10 Å². The Morgan fingerprint density at radius 1 is 1.30 bits per heavy atom. The van der Waals surface area contributed by atoms with Crippen LogP contribution in [0.3, 0.4) is 0 Å². The molecule has 2 heterocycles. The zero-order valence-corrected chi connectivity index (χ0v) is 12.9. The first-order valence-corrected chi connectivity index (χ1v) is 7.75. The third-order valence-electron chi connectivity index (χ3n) is 3.07. The van der Waals surface area contributed by atoms with E-state index in [1.807, 2.05) is 35.8 Å². The number of amidine groups is 1. The second-order valence-corrected chi connectivity index (χ2v) is 5.68. The van der Waals surface area contributed by atoms with Gasteiger partial charge in [0.25, 0.3) is 0 Å². The molecular formula is C16H14N4O2S. The molecule has 6 nitrogen and oxygen atoms in total. The van der Waals surface area contributed by atoms with E-state index in [9.17, 15) is 4.79 Å². The predicted octanol–water partition coefficient (Wildman–Crippen LogP) is 2.47. The Hall–Kier alpha value is -2.93. The summed E-state index contributed by atoms with van der Waals surface area (Å²) in [7, 11) is 0. The number of hydrogen-bond acceptors (Lipinski definition) is 5. The highest BCUT2D eigenvalue weighted by Gasteiger charge is 2.09. The normalized spacial score (nSPS) is 11.4. The average molecular weight is 326 g/mol. The summed E-state index contributed by atoms with van der Waals surface area (Å²) in [6.45, 7) is 0.578. The maximum absolute atomic E-state index is 12.1. The van der Waals surface area contributed by atoms with Crippen molar-refractivity contribution in [3.8, 4) is 0 Å². The molecule has 0 unspecified atom stereocenters. The average Bonchev–Trinajstić information content (AvgIpc) is 3.26. The number of aromatic nitrogens is 2. The van der Waals surface area contributed by atoms with Gasteiger partial charge in [-0.1, -0.05) is 23.4 Å². The van der Waals surface area contributed by atoms with Gasteiger partial charge in [0, 0.05) is 12.4 Å². The lowest BCUT2D eigenvalue weighted by molar-refractivity contribution is 0.0516. The molecule has 116 valence electrons. The van der Waals surface area contributed by atoms with Crippen LogP contribution in [0.1, 0.15) is 20.8 Å². The first-order valence-electron chi connectivity index (χ1n) is 6.87. The van der Waals surface area contributed by atoms with Gasteiger partial charge >= 0.3 is 5.97 Å². The second kappa shape index (κ2) is 6.89. The van der Waals surface area contributed by atoms with Crippen molar-refractivity contribution in [2.75, 3.05) is 0 Å². The smallest absolute Gasteiger partial charge is 0.365 e. The lowest BCUT2D eigenvalue weighted by Crippen LogP contribution is -2.13. The fourth-order valence-corrected chi connectivity index (χ4v) is 2.61. The van der Waals surface area contributed by atoms with Crippen LogP contribution in [0.5, 0.6) is 0 Å². The summed E-state index contributed by atoms with van der Waals surface area (Å²) >= 11 is 1.43. The zero-order chi connectivity index (χ0) is 16.1. The molecule has 2 N–H and O–H groups in total. The molecule has 0 amide bonds. The monoisotopic (exact) mass is 326 g/mol. The van der Waals surface area contributed by atoms with Crippen LogP contribution in [-0.4, -0.2) is 21.6 Å². The Morgan fingerprint density at radius 2 is 2.22 bits per heavy atom. The number of thiophene rings is 1. The van der Waals surface area contributed by atoms with Crippen LogP contribution < -0.4 is 5.73 Å². The molecular weight excluding hydrogens is 312 g/mol. The third-order valence-corrected chi connectivity index (χ3v) is 3.96. The molecule has 0 bridgehead atoms. The van der Waals surface area contributed by atoms with Crippen LogP contribution in [-0.2, 0) is 11.4 Å². The van der Waals surface area contributed by atoms with Crippen LogP contribution in [0, 0.1) is 0 Å². The van der Waals surface area contributed by atoms with Crippen molar-refractivity contribution in [1.29, 1.82) is 0 Å². The van der Waals surface area contributed by atoms with Crippen LogP contribution in [0.15, 0.2) is 65.4 Å². The molecule has 0 radical (unpaired) electrons. The van der Waals surface area contributed by atoms with Gasteiger partial charge in [0.15, 0.2) is 5.84 Å². The number of oxime groups is 1. The van der Waals surface area contributed by atoms with E-state index in [4.69, 9.17) is 10.6 Å². The lowest BCUT2D eigenvalue weighted by Gasteiger charge is -2.04. The number of benzene rings is 1. The minimum atomic E-state index is -0.549. The van der Waals surface area contributed by atoms with E-state index in [0.717, 1.165) is 10.4 Å². The molecule has 0 saturated carbocycles. The van der Waals surface area contributed by atoms with E-state index in [-0.39, 0.29) is 5.84 Å². The molecule has 3 aromatic rings. The summed E-state index contributed by atoms with van der Waals surface area (Å²) in [5, 5.41) is 9.70. The third kappa shape index (κ3) is 3.83. The number of hydrogen-bond donors (Lipinski definition) is 1. The van der Waals surface area contributed by atoms with Crippen molar-refractivity contribution in [1.82, 2.24) is 9.78 Å².